The van der Waals surface area contributed by atoms with E-state index in [9.17, 15) is 0 Å². The van der Waals surface area contributed by atoms with Crippen molar-refractivity contribution in [3.8, 4) is 0 Å². The lowest BCUT2D eigenvalue weighted by atomic mass is 10.0. The Morgan fingerprint density at radius 1 is 1.18 bits per heavy atom. The zero-order chi connectivity index (χ0) is 12.7. The van der Waals surface area contributed by atoms with Crippen molar-refractivity contribution < 1.29 is 0 Å². The minimum absolute atomic E-state index is 0.304. The highest BCUT2D eigenvalue weighted by atomic mass is 15.0. The third-order valence-electron chi connectivity index (χ3n) is 2.79. The number of aromatic nitrogens is 2. The number of nitrogens with one attached hydrogen (secondary N) is 1. The molecule has 0 amide bonds. The third kappa shape index (κ3) is 5.26. The second-order valence-electron chi connectivity index (χ2n) is 5.10. The second-order valence-corrected chi connectivity index (χ2v) is 5.10. The van der Waals surface area contributed by atoms with Gasteiger partial charge in [0, 0.05) is 12.4 Å². The molecule has 1 aromatic rings. The topological polar surface area (TPSA) is 37.8 Å². The maximum atomic E-state index is 4.44. The Balaban J connectivity index is 2.63. The molecular formula is C14H25N3. The fourth-order valence-corrected chi connectivity index (χ4v) is 1.72. The Morgan fingerprint density at radius 3 is 2.35 bits per heavy atom. The van der Waals surface area contributed by atoms with Crippen LogP contribution >= 0.6 is 0 Å². The molecule has 1 N–H and O–H groups in total. The summed E-state index contributed by atoms with van der Waals surface area (Å²) in [5.41, 5.74) is 1.12. The van der Waals surface area contributed by atoms with Crippen LogP contribution in [0.3, 0.4) is 0 Å². The van der Waals surface area contributed by atoms with Crippen molar-refractivity contribution in [3.05, 3.63) is 23.8 Å². The molecule has 0 radical (unpaired) electrons. The molecule has 1 atom stereocenters. The first-order valence-electron chi connectivity index (χ1n) is 6.65. The van der Waals surface area contributed by atoms with E-state index < -0.39 is 0 Å². The van der Waals surface area contributed by atoms with Crippen molar-refractivity contribution in [1.29, 1.82) is 0 Å². The first-order valence-corrected chi connectivity index (χ1v) is 6.65. The Morgan fingerprint density at radius 2 is 1.82 bits per heavy atom. The average Bonchev–Trinajstić information content (AvgIpc) is 2.30. The summed E-state index contributed by atoms with van der Waals surface area (Å²) < 4.78 is 0. The van der Waals surface area contributed by atoms with Gasteiger partial charge in [-0.2, -0.15) is 0 Å². The van der Waals surface area contributed by atoms with E-state index in [4.69, 9.17) is 0 Å². The molecule has 17 heavy (non-hydrogen) atoms. The summed E-state index contributed by atoms with van der Waals surface area (Å²) in [5.74, 6) is 1.66. The lowest BCUT2D eigenvalue weighted by Gasteiger charge is -2.18. The van der Waals surface area contributed by atoms with Crippen LogP contribution in [0.15, 0.2) is 12.4 Å². The summed E-state index contributed by atoms with van der Waals surface area (Å²) in [4.78, 5) is 8.87. The molecule has 1 unspecified atom stereocenters. The van der Waals surface area contributed by atoms with Gasteiger partial charge in [-0.05, 0) is 44.2 Å². The zero-order valence-electron chi connectivity index (χ0n) is 11.5. The molecule has 0 aliphatic heterocycles. The Bertz CT molecular complexity index is 306. The van der Waals surface area contributed by atoms with Crippen molar-refractivity contribution in [2.24, 2.45) is 5.92 Å². The lowest BCUT2D eigenvalue weighted by molar-refractivity contribution is 0.425. The van der Waals surface area contributed by atoms with Crippen molar-refractivity contribution in [3.63, 3.8) is 0 Å². The molecule has 0 saturated carbocycles. The molecule has 1 aromatic heterocycles. The van der Waals surface area contributed by atoms with E-state index >= 15 is 0 Å². The molecule has 0 aliphatic rings. The summed E-state index contributed by atoms with van der Waals surface area (Å²) in [7, 11) is 0. The molecule has 96 valence electrons. The van der Waals surface area contributed by atoms with Gasteiger partial charge in [0.1, 0.15) is 5.82 Å². The zero-order valence-corrected chi connectivity index (χ0v) is 11.5. The first-order chi connectivity index (χ1) is 8.13. The smallest absolute Gasteiger partial charge is 0.145 e. The maximum absolute atomic E-state index is 4.44. The molecule has 1 rings (SSSR count). The largest absolute Gasteiger partial charge is 0.307 e. The number of hydrogen-bond donors (Lipinski definition) is 1. The van der Waals surface area contributed by atoms with E-state index in [0.29, 0.717) is 6.04 Å². The molecule has 0 aliphatic carbocycles. The molecule has 1 heterocycles. The summed E-state index contributed by atoms with van der Waals surface area (Å²) in [6.07, 6.45) is 7.26. The molecular weight excluding hydrogens is 210 g/mol. The minimum atomic E-state index is 0.304. The summed E-state index contributed by atoms with van der Waals surface area (Å²) in [6, 6.07) is 0.304. The van der Waals surface area contributed by atoms with Crippen LogP contribution in [0.25, 0.3) is 0 Å². The fraction of sp³-hybridized carbons (Fsp3) is 0.714. The quantitative estimate of drug-likeness (QED) is 0.788. The third-order valence-corrected chi connectivity index (χ3v) is 2.79. The number of aryl methyl sites for hydroxylation is 1. The highest BCUT2D eigenvalue weighted by molar-refractivity contribution is 5.04. The lowest BCUT2D eigenvalue weighted by Crippen LogP contribution is -2.24. The van der Waals surface area contributed by atoms with E-state index in [1.54, 1.807) is 0 Å². The van der Waals surface area contributed by atoms with Crippen LogP contribution in [0.4, 0.5) is 0 Å². The predicted octanol–water partition coefficient (Wildman–Crippen LogP) is 3.26. The highest BCUT2D eigenvalue weighted by Crippen LogP contribution is 2.17. The number of nitrogens with zero attached hydrogens (tertiary/aromatic N) is 2. The van der Waals surface area contributed by atoms with Gasteiger partial charge in [0.25, 0.3) is 0 Å². The standard InChI is InChI=1S/C14H25N3/c1-5-8-15-13(7-6-11(2)3)14-16-9-12(4)10-17-14/h9-11,13,15H,5-8H2,1-4H3. The Hall–Kier alpha value is -0.960. The fourth-order valence-electron chi connectivity index (χ4n) is 1.72. The van der Waals surface area contributed by atoms with Gasteiger partial charge in [0.2, 0.25) is 0 Å². The van der Waals surface area contributed by atoms with E-state index in [0.717, 1.165) is 36.7 Å². The van der Waals surface area contributed by atoms with E-state index in [1.165, 1.54) is 6.42 Å². The average molecular weight is 235 g/mol. The SMILES string of the molecule is CCCNC(CCC(C)C)c1ncc(C)cn1. The van der Waals surface area contributed by atoms with Crippen molar-refractivity contribution >= 4 is 0 Å². The summed E-state index contributed by atoms with van der Waals surface area (Å²) in [6.45, 7) is 9.74. The molecule has 3 nitrogen and oxygen atoms in total. The van der Waals surface area contributed by atoms with E-state index in [-0.39, 0.29) is 0 Å². The molecule has 0 saturated heterocycles. The first kappa shape index (κ1) is 14.1. The molecule has 0 aromatic carbocycles. The molecule has 3 heteroatoms. The highest BCUT2D eigenvalue weighted by Gasteiger charge is 2.13. The monoisotopic (exact) mass is 235 g/mol. The van der Waals surface area contributed by atoms with Crippen molar-refractivity contribution in [2.75, 3.05) is 6.54 Å². The van der Waals surface area contributed by atoms with Crippen molar-refractivity contribution in [2.45, 2.75) is 53.0 Å². The maximum Gasteiger partial charge on any atom is 0.145 e. The van der Waals surface area contributed by atoms with Crippen LogP contribution in [0.5, 0.6) is 0 Å². The van der Waals surface area contributed by atoms with Gasteiger partial charge in [0.15, 0.2) is 0 Å². The normalized spacial score (nSPS) is 13.0. The van der Waals surface area contributed by atoms with E-state index in [1.807, 2.05) is 19.3 Å². The number of hydrogen-bond acceptors (Lipinski definition) is 3. The van der Waals surface area contributed by atoms with Crippen molar-refractivity contribution in [1.82, 2.24) is 15.3 Å². The van der Waals surface area contributed by atoms with Gasteiger partial charge in [0.05, 0.1) is 6.04 Å². The predicted molar refractivity (Wildman–Crippen MR) is 71.9 cm³/mol. The van der Waals surface area contributed by atoms with Crippen LogP contribution in [0.2, 0.25) is 0 Å². The van der Waals surface area contributed by atoms with Crippen LogP contribution in [0, 0.1) is 12.8 Å². The summed E-state index contributed by atoms with van der Waals surface area (Å²) in [5, 5.41) is 3.54. The van der Waals surface area contributed by atoms with Gasteiger partial charge in [-0.15, -0.1) is 0 Å². The van der Waals surface area contributed by atoms with Crippen LogP contribution in [0.1, 0.15) is 57.5 Å². The van der Waals surface area contributed by atoms with Gasteiger partial charge in [-0.3, -0.25) is 0 Å². The molecule has 0 bridgehead atoms. The minimum Gasteiger partial charge on any atom is -0.307 e. The second kappa shape index (κ2) is 7.38. The van der Waals surface area contributed by atoms with Gasteiger partial charge < -0.3 is 5.32 Å². The Labute approximate surface area is 105 Å². The van der Waals surface area contributed by atoms with Gasteiger partial charge in [-0.1, -0.05) is 20.8 Å². The van der Waals surface area contributed by atoms with E-state index in [2.05, 4.69) is 36.1 Å². The molecule has 0 fully saturated rings. The van der Waals surface area contributed by atoms with Gasteiger partial charge in [-0.25, -0.2) is 9.97 Å². The van der Waals surface area contributed by atoms with Crippen LogP contribution in [-0.4, -0.2) is 16.5 Å². The van der Waals surface area contributed by atoms with Gasteiger partial charge >= 0.3 is 0 Å². The Kier molecular flexibility index (Phi) is 6.12. The molecule has 0 spiro atoms. The summed E-state index contributed by atoms with van der Waals surface area (Å²) >= 11 is 0. The van der Waals surface area contributed by atoms with Crippen LogP contribution < -0.4 is 5.32 Å². The number of rotatable bonds is 7. The van der Waals surface area contributed by atoms with Crippen LogP contribution in [-0.2, 0) is 0 Å².